The molecule has 0 aliphatic heterocycles. The van der Waals surface area contributed by atoms with E-state index in [1.165, 1.54) is 19.3 Å². The van der Waals surface area contributed by atoms with Crippen molar-refractivity contribution in [2.75, 3.05) is 0 Å². The Kier molecular flexibility index (Phi) is 6.89. The van der Waals surface area contributed by atoms with Crippen LogP contribution in [0.4, 0.5) is 0 Å². The Labute approximate surface area is 209 Å². The van der Waals surface area contributed by atoms with Crippen LogP contribution >= 0.6 is 0 Å². The molecule has 2 fully saturated rings. The van der Waals surface area contributed by atoms with Crippen LogP contribution in [0.2, 0.25) is 0 Å². The van der Waals surface area contributed by atoms with E-state index in [-0.39, 0.29) is 34.6 Å². The molecule has 3 unspecified atom stereocenters. The van der Waals surface area contributed by atoms with Gasteiger partial charge in [0, 0.05) is 16.7 Å². The molecule has 0 spiro atoms. The van der Waals surface area contributed by atoms with Crippen LogP contribution < -0.4 is 10.1 Å². The van der Waals surface area contributed by atoms with Crippen molar-refractivity contribution in [1.82, 2.24) is 10.5 Å². The molecule has 3 aromatic rings. The molecule has 7 heteroatoms. The number of benzene rings is 2. The molecule has 1 N–H and O–H groups in total. The van der Waals surface area contributed by atoms with Gasteiger partial charge in [-0.25, -0.2) is 0 Å². The minimum absolute atomic E-state index is 0.0411. The smallest absolute Gasteiger partial charge is 0.312 e. The van der Waals surface area contributed by atoms with Gasteiger partial charge in [0.25, 0.3) is 16.6 Å². The summed E-state index contributed by atoms with van der Waals surface area (Å²) in [7, 11) is 0. The average Bonchev–Trinajstić information content (AvgIpc) is 3.26. The summed E-state index contributed by atoms with van der Waals surface area (Å²) in [5.74, 6) is 1.65. The third kappa shape index (κ3) is 5.41. The van der Waals surface area contributed by atoms with Gasteiger partial charge in [0.15, 0.2) is 4.90 Å². The van der Waals surface area contributed by atoms with Gasteiger partial charge in [-0.15, -0.1) is 0 Å². The lowest BCUT2D eigenvalue weighted by molar-refractivity contribution is 0.0591. The molecule has 0 radical (unpaired) electrons. The van der Waals surface area contributed by atoms with Gasteiger partial charge >= 0.3 is 5.88 Å². The molecule has 1 amide bonds. The normalized spacial score (nSPS) is 26.7. The van der Waals surface area contributed by atoms with Crippen LogP contribution in [0, 0.1) is 17.8 Å². The Morgan fingerprint density at radius 1 is 1.09 bits per heavy atom. The Hall–Kier alpha value is -2.77. The molecule has 5 rings (SSSR count). The van der Waals surface area contributed by atoms with Crippen molar-refractivity contribution in [2.24, 2.45) is 17.8 Å². The predicted octanol–water partition coefficient (Wildman–Crippen LogP) is 5.76. The molecule has 2 aliphatic carbocycles. The van der Waals surface area contributed by atoms with Gasteiger partial charge < -0.3 is 19.1 Å². The first kappa shape index (κ1) is 23.9. The van der Waals surface area contributed by atoms with Crippen LogP contribution in [0.3, 0.4) is 0 Å². The summed E-state index contributed by atoms with van der Waals surface area (Å²) < 4.78 is 25.0. The van der Waals surface area contributed by atoms with E-state index in [0.29, 0.717) is 16.7 Å². The molecular weight excluding hydrogens is 460 g/mol. The van der Waals surface area contributed by atoms with Gasteiger partial charge in [-0.3, -0.25) is 4.79 Å². The zero-order valence-corrected chi connectivity index (χ0v) is 21.1. The van der Waals surface area contributed by atoms with Gasteiger partial charge in [0.05, 0.1) is 0 Å². The highest BCUT2D eigenvalue weighted by atomic mass is 32.2. The number of aromatic nitrogens is 1. The largest absolute Gasteiger partial charge is 0.606 e. The van der Waals surface area contributed by atoms with Crippen LogP contribution in [0.1, 0.15) is 62.1 Å². The fraction of sp³-hybridized carbons (Fsp3) is 0.429. The second-order valence-electron chi connectivity index (χ2n) is 10.5. The molecule has 1 aromatic heterocycles. The Balaban J connectivity index is 1.40. The zero-order valence-electron chi connectivity index (χ0n) is 20.2. The first-order valence-corrected chi connectivity index (χ1v) is 13.5. The fourth-order valence-corrected chi connectivity index (χ4v) is 7.27. The van der Waals surface area contributed by atoms with Crippen molar-refractivity contribution >= 4 is 17.1 Å². The Morgan fingerprint density at radius 3 is 2.37 bits per heavy atom. The van der Waals surface area contributed by atoms with Crippen molar-refractivity contribution < 1.29 is 18.6 Å². The molecule has 6 nitrogen and oxygen atoms in total. The maximum atomic E-state index is 13.6. The monoisotopic (exact) mass is 492 g/mol. The summed E-state index contributed by atoms with van der Waals surface area (Å²) in [5, 5.41) is 7.26. The highest BCUT2D eigenvalue weighted by Crippen LogP contribution is 2.46. The highest BCUT2D eigenvalue weighted by Gasteiger charge is 2.43. The van der Waals surface area contributed by atoms with Gasteiger partial charge in [0.2, 0.25) is 0 Å². The highest BCUT2D eigenvalue weighted by molar-refractivity contribution is 7.91. The number of ether oxygens (including phenoxy) is 1. The summed E-state index contributed by atoms with van der Waals surface area (Å²) in [6.45, 7) is 4.68. The summed E-state index contributed by atoms with van der Waals surface area (Å²) in [6.07, 6.45) is 5.57. The number of nitrogens with zero attached hydrogens (tertiary/aromatic N) is 1. The summed E-state index contributed by atoms with van der Waals surface area (Å²) in [6, 6.07) is 18.6. The van der Waals surface area contributed by atoms with E-state index in [1.807, 2.05) is 48.5 Å². The van der Waals surface area contributed by atoms with E-state index in [1.54, 1.807) is 12.1 Å². The number of hydrogen-bond donors (Lipinski definition) is 1. The van der Waals surface area contributed by atoms with Gasteiger partial charge in [-0.2, -0.15) is 0 Å². The summed E-state index contributed by atoms with van der Waals surface area (Å²) >= 11 is -1.69. The molecule has 2 aromatic carbocycles. The van der Waals surface area contributed by atoms with Crippen molar-refractivity contribution in [2.45, 2.75) is 67.9 Å². The van der Waals surface area contributed by atoms with Gasteiger partial charge in [-0.05, 0) is 79.6 Å². The number of nitrogens with one attached hydrogen (secondary N) is 1. The quantitative estimate of drug-likeness (QED) is 0.424. The van der Waals surface area contributed by atoms with E-state index in [9.17, 15) is 9.35 Å². The maximum Gasteiger partial charge on any atom is 0.312 e. The molecule has 2 bridgehead atoms. The molecule has 3 atom stereocenters. The van der Waals surface area contributed by atoms with Crippen molar-refractivity contribution in [3.05, 3.63) is 72.0 Å². The number of carbonyl (C=O) groups is 1. The maximum absolute atomic E-state index is 13.6. The second-order valence-corrected chi connectivity index (χ2v) is 11.9. The van der Waals surface area contributed by atoms with Crippen LogP contribution in [0.5, 0.6) is 5.88 Å². The molecule has 2 aliphatic rings. The van der Waals surface area contributed by atoms with E-state index >= 15 is 0 Å². The fourth-order valence-electron chi connectivity index (χ4n) is 6.08. The molecular formula is C28H32N2O4S. The molecule has 35 heavy (non-hydrogen) atoms. The number of amides is 1. The van der Waals surface area contributed by atoms with Gasteiger partial charge in [-0.1, -0.05) is 55.5 Å². The molecule has 2 saturated carbocycles. The number of hydrogen-bond acceptors (Lipinski definition) is 5. The number of fused-ring (bicyclic) bond motifs is 2. The van der Waals surface area contributed by atoms with Crippen LogP contribution in [0.25, 0.3) is 0 Å². The zero-order chi connectivity index (χ0) is 24.4. The third-order valence-electron chi connectivity index (χ3n) is 7.22. The number of carbonyl (C=O) groups excluding carboxylic acids is 1. The Bertz CT molecular complexity index is 1130. The van der Waals surface area contributed by atoms with Gasteiger partial charge in [0.1, 0.15) is 6.61 Å². The van der Waals surface area contributed by atoms with Crippen LogP contribution in [-0.2, 0) is 17.8 Å². The van der Waals surface area contributed by atoms with Crippen LogP contribution in [-0.4, -0.2) is 21.2 Å². The van der Waals surface area contributed by atoms with Crippen molar-refractivity contribution in [3.63, 3.8) is 0 Å². The number of rotatable bonds is 7. The first-order valence-electron chi connectivity index (χ1n) is 12.4. The van der Waals surface area contributed by atoms with Crippen LogP contribution in [0.15, 0.2) is 75.0 Å². The molecule has 1 heterocycles. The summed E-state index contributed by atoms with van der Waals surface area (Å²) in [4.78, 5) is 14.2. The van der Waals surface area contributed by atoms with E-state index in [0.717, 1.165) is 24.3 Å². The van der Waals surface area contributed by atoms with E-state index in [4.69, 9.17) is 9.26 Å². The van der Waals surface area contributed by atoms with Crippen molar-refractivity contribution in [1.29, 1.82) is 0 Å². The topological polar surface area (TPSA) is 87.4 Å². The standard InChI is InChI=1S/C28H32N2O4S/c1-19-13-21-15-22(14-19)17-28(2,16-21)29-26(31)24-25(35(32)23-11-7-4-8-12-23)27(30-34-24)33-18-20-9-5-3-6-10-20/h3-12,19,21-22H,13-18H2,1-2H3,(H,29,31). The lowest BCUT2D eigenvalue weighted by atomic mass is 9.62. The van der Waals surface area contributed by atoms with Crippen molar-refractivity contribution in [3.8, 4) is 5.88 Å². The minimum Gasteiger partial charge on any atom is -0.606 e. The second kappa shape index (κ2) is 10.1. The predicted molar refractivity (Wildman–Crippen MR) is 133 cm³/mol. The average molecular weight is 493 g/mol. The molecule has 0 saturated heterocycles. The van der Waals surface area contributed by atoms with E-state index in [2.05, 4.69) is 24.3 Å². The minimum atomic E-state index is -1.69. The third-order valence-corrected chi connectivity index (χ3v) is 8.65. The first-order chi connectivity index (χ1) is 16.9. The van der Waals surface area contributed by atoms with E-state index < -0.39 is 11.2 Å². The Morgan fingerprint density at radius 2 is 1.71 bits per heavy atom. The lowest BCUT2D eigenvalue weighted by Gasteiger charge is -2.47. The SMILES string of the molecule is CC1CC2CC(C1)CC(C)(NC(=O)c1onc(OCc3ccccc3)c1[S+]([O-])c1ccccc1)C2. The molecule has 184 valence electrons. The lowest BCUT2D eigenvalue weighted by Crippen LogP contribution is -2.52. The summed E-state index contributed by atoms with van der Waals surface area (Å²) in [5.41, 5.74) is 0.613.